The number of hydrogen-bond donors (Lipinski definition) is 0. The largest absolute Gasteiger partial charge is 0.232 e. The van der Waals surface area contributed by atoms with Gasteiger partial charge >= 0.3 is 0 Å². The maximum Gasteiger partial charge on any atom is 0 e. The van der Waals surface area contributed by atoms with Crippen molar-refractivity contribution in [2.75, 3.05) is 0 Å². The minimum absolute atomic E-state index is 0. The number of aryl methyl sites for hydroxylation is 1. The Morgan fingerprint density at radius 2 is 1.73 bits per heavy atom. The molecule has 0 N–H and O–H groups in total. The zero-order chi connectivity index (χ0) is 8.01. The van der Waals surface area contributed by atoms with Crippen LogP contribution in [0.2, 0.25) is 0 Å². The molecule has 1 aliphatic heterocycles. The van der Waals surface area contributed by atoms with Gasteiger partial charge in [-0.2, -0.15) is 11.6 Å². The second-order valence-corrected chi connectivity index (χ2v) is 6.45. The molecular formula is C9H12BrCl3PZr-. The van der Waals surface area contributed by atoms with E-state index in [0.717, 1.165) is 0 Å². The summed E-state index contributed by atoms with van der Waals surface area (Å²) in [5.74, 6) is 0. The molecule has 0 aromatic carbocycles. The first-order valence-electron chi connectivity index (χ1n) is 3.57. The fourth-order valence-corrected chi connectivity index (χ4v) is 3.70. The zero-order valence-corrected chi connectivity index (χ0v) is 15.7. The van der Waals surface area contributed by atoms with Crippen LogP contribution in [0.15, 0.2) is 22.4 Å². The first kappa shape index (κ1) is 21.9. The molecule has 0 amide bonds. The second-order valence-electron chi connectivity index (χ2n) is 2.90. The Morgan fingerprint density at radius 1 is 1.20 bits per heavy atom. The SMILES string of the molecule is Cc1cc2c[c-](Br)p(C)c-2c1.Cl.Cl.Cl.[Zr]. The fraction of sp³-hybridized carbons (Fsp3) is 0.222. The van der Waals surface area contributed by atoms with Gasteiger partial charge in [0.05, 0.1) is 0 Å². The summed E-state index contributed by atoms with van der Waals surface area (Å²) in [7, 11) is -0.0435. The van der Waals surface area contributed by atoms with Crippen molar-refractivity contribution in [3.63, 3.8) is 0 Å². The van der Waals surface area contributed by atoms with E-state index in [0.29, 0.717) is 0 Å². The van der Waals surface area contributed by atoms with Crippen molar-refractivity contribution in [3.05, 3.63) is 28.0 Å². The van der Waals surface area contributed by atoms with Crippen LogP contribution in [0.25, 0.3) is 10.9 Å². The molecule has 2 aliphatic rings. The molecule has 0 saturated carbocycles. The molecule has 86 valence electrons. The molecule has 1 aliphatic carbocycles. The van der Waals surface area contributed by atoms with E-state index in [2.05, 4.69) is 47.7 Å². The van der Waals surface area contributed by atoms with Gasteiger partial charge in [0, 0.05) is 26.2 Å². The van der Waals surface area contributed by atoms with E-state index in [1.807, 2.05) is 0 Å². The van der Waals surface area contributed by atoms with Crippen LogP contribution in [0.3, 0.4) is 0 Å². The van der Waals surface area contributed by atoms with Crippen molar-refractivity contribution in [3.8, 4) is 10.9 Å². The predicted molar refractivity (Wildman–Crippen MR) is 76.5 cm³/mol. The van der Waals surface area contributed by atoms with Crippen LogP contribution in [-0.2, 0) is 32.9 Å². The monoisotopic (exact) mass is 425 g/mol. The molecule has 0 fully saturated rings. The Balaban J connectivity index is -0.000000360. The van der Waals surface area contributed by atoms with Crippen LogP contribution in [0.1, 0.15) is 5.56 Å². The number of halogens is 4. The van der Waals surface area contributed by atoms with E-state index in [4.69, 9.17) is 0 Å². The van der Waals surface area contributed by atoms with Crippen molar-refractivity contribution in [2.45, 2.75) is 6.92 Å². The molecule has 6 heteroatoms. The Hall–Kier alpha value is 1.62. The van der Waals surface area contributed by atoms with Crippen LogP contribution < -0.4 is 0 Å². The van der Waals surface area contributed by atoms with E-state index in [1.165, 1.54) is 20.6 Å². The topological polar surface area (TPSA) is 0 Å². The molecule has 15 heavy (non-hydrogen) atoms. The Bertz CT molecular complexity index is 372. The van der Waals surface area contributed by atoms with Gasteiger partial charge in [0.25, 0.3) is 0 Å². The number of rotatable bonds is 0. The third-order valence-electron chi connectivity index (χ3n) is 2.00. The van der Waals surface area contributed by atoms with Crippen molar-refractivity contribution in [1.82, 2.24) is 0 Å². The third kappa shape index (κ3) is 4.42. The fourth-order valence-electron chi connectivity index (χ4n) is 1.41. The summed E-state index contributed by atoms with van der Waals surface area (Å²) in [6, 6.07) is 6.79. The molecule has 0 aromatic heterocycles. The Labute approximate surface area is 138 Å². The molecule has 0 saturated heterocycles. The second kappa shape index (κ2) is 8.68. The maximum absolute atomic E-state index is 3.58. The van der Waals surface area contributed by atoms with E-state index < -0.39 is 0 Å². The van der Waals surface area contributed by atoms with Crippen LogP contribution in [0.5, 0.6) is 0 Å². The molecule has 1 atom stereocenters. The zero-order valence-electron chi connectivity index (χ0n) is 8.28. The molecule has 1 heterocycles. The number of hydrogen-bond acceptors (Lipinski definition) is 0. The van der Waals surface area contributed by atoms with Crippen LogP contribution in [0.4, 0.5) is 0 Å². The molecule has 2 rings (SSSR count). The van der Waals surface area contributed by atoms with Gasteiger partial charge in [-0.3, -0.25) is 0 Å². The van der Waals surface area contributed by atoms with Crippen molar-refractivity contribution in [2.24, 2.45) is 6.66 Å². The van der Waals surface area contributed by atoms with Crippen molar-refractivity contribution >= 4 is 60.7 Å². The Morgan fingerprint density at radius 3 is 2.20 bits per heavy atom. The summed E-state index contributed by atoms with van der Waals surface area (Å²) >= 11 is 3.58. The van der Waals surface area contributed by atoms with E-state index in [-0.39, 0.29) is 71.0 Å². The average molecular weight is 429 g/mol. The van der Waals surface area contributed by atoms with E-state index >= 15 is 0 Å². The summed E-state index contributed by atoms with van der Waals surface area (Å²) in [6.45, 7) is 4.45. The standard InChI is InChI=1S/C9H9BrP.3ClH.Zr/c1-6-3-7-5-9(10)11(2)8(7)4-6;;;;/h3-5H,1-2H3;3*1H;/q-1;;;;. The van der Waals surface area contributed by atoms with Crippen LogP contribution >= 0.6 is 60.7 Å². The summed E-state index contributed by atoms with van der Waals surface area (Å²) in [6.07, 6.45) is 0. The van der Waals surface area contributed by atoms with Gasteiger partial charge in [-0.05, 0) is 13.6 Å². The third-order valence-corrected chi connectivity index (χ3v) is 5.70. The normalized spacial score (nSPS) is 9.40. The van der Waals surface area contributed by atoms with Gasteiger partial charge in [-0.25, -0.2) is 7.53 Å². The molecule has 0 aromatic rings. The predicted octanol–water partition coefficient (Wildman–Crippen LogP) is 5.37. The van der Waals surface area contributed by atoms with E-state index in [9.17, 15) is 0 Å². The first-order valence-corrected chi connectivity index (χ1v) is 6.15. The van der Waals surface area contributed by atoms with Gasteiger partial charge < -0.3 is 0 Å². The molecule has 0 nitrogen and oxygen atoms in total. The summed E-state index contributed by atoms with van der Waals surface area (Å²) in [5.41, 5.74) is 2.81. The molecular weight excluding hydrogens is 417 g/mol. The van der Waals surface area contributed by atoms with Crippen LogP contribution in [0, 0.1) is 6.92 Å². The van der Waals surface area contributed by atoms with Gasteiger partial charge in [0.1, 0.15) is 0 Å². The first-order chi connectivity index (χ1) is 5.18. The van der Waals surface area contributed by atoms with Crippen molar-refractivity contribution in [1.29, 1.82) is 0 Å². The maximum atomic E-state index is 3.58. The summed E-state index contributed by atoms with van der Waals surface area (Å²) in [5, 5.41) is 1.53. The minimum Gasteiger partial charge on any atom is -0.232 e. The van der Waals surface area contributed by atoms with Gasteiger partial charge in [-0.15, -0.1) is 70.6 Å². The molecule has 1 unspecified atom stereocenters. The summed E-state index contributed by atoms with van der Waals surface area (Å²) < 4.78 is 1.37. The summed E-state index contributed by atoms with van der Waals surface area (Å²) in [4.78, 5) is 0. The van der Waals surface area contributed by atoms with Crippen molar-refractivity contribution < 1.29 is 26.2 Å². The smallest absolute Gasteiger partial charge is 0 e. The van der Waals surface area contributed by atoms with Gasteiger partial charge in [0.15, 0.2) is 0 Å². The van der Waals surface area contributed by atoms with Gasteiger partial charge in [-0.1, -0.05) is 9.77 Å². The van der Waals surface area contributed by atoms with E-state index in [1.54, 1.807) is 0 Å². The Kier molecular flexibility index (Phi) is 12.6. The van der Waals surface area contributed by atoms with Crippen LogP contribution in [-0.4, -0.2) is 0 Å². The number of fused-ring (bicyclic) bond motifs is 1. The van der Waals surface area contributed by atoms with Gasteiger partial charge in [0.2, 0.25) is 0 Å². The average Bonchev–Trinajstić information content (AvgIpc) is 2.37. The molecule has 0 bridgehead atoms. The molecule has 0 spiro atoms. The quantitative estimate of drug-likeness (QED) is 0.495. The minimum atomic E-state index is -0.0435. The molecule has 0 radical (unpaired) electrons.